The van der Waals surface area contributed by atoms with Gasteiger partial charge < -0.3 is 65.7 Å². The van der Waals surface area contributed by atoms with Crippen molar-refractivity contribution in [3.63, 3.8) is 0 Å². The van der Waals surface area contributed by atoms with E-state index in [-0.39, 0.29) is 37.9 Å². The molecule has 0 aliphatic carbocycles. The highest BCUT2D eigenvalue weighted by Crippen LogP contribution is 2.42. The predicted molar refractivity (Wildman–Crippen MR) is 426 cm³/mol. The number of halogens is 3. The van der Waals surface area contributed by atoms with Crippen molar-refractivity contribution in [2.75, 3.05) is 106 Å². The summed E-state index contributed by atoms with van der Waals surface area (Å²) >= 11 is 20.0. The van der Waals surface area contributed by atoms with Crippen LogP contribution in [0.1, 0.15) is 127 Å². The van der Waals surface area contributed by atoms with Crippen molar-refractivity contribution in [2.45, 2.75) is 108 Å². The number of primary amides is 1. The summed E-state index contributed by atoms with van der Waals surface area (Å²) < 4.78 is 11.3. The van der Waals surface area contributed by atoms with Crippen LogP contribution in [-0.4, -0.2) is 170 Å². The summed E-state index contributed by atoms with van der Waals surface area (Å²) in [7, 11) is 0. The number of aromatic nitrogens is 2. The number of pyridine rings is 2. The Bertz CT molecular complexity index is 4420. The number of hydrogen-bond donors (Lipinski definition) is 8. The van der Waals surface area contributed by atoms with Crippen molar-refractivity contribution >= 4 is 57.8 Å². The minimum absolute atomic E-state index is 0.00337. The number of carbonyl (C=O) groups excluding carboxylic acids is 1. The Morgan fingerprint density at radius 3 is 1.20 bits per heavy atom. The maximum Gasteiger partial charge on any atom is 0.248 e. The van der Waals surface area contributed by atoms with Crippen molar-refractivity contribution < 1.29 is 50.0 Å². The van der Waals surface area contributed by atoms with Crippen LogP contribution in [0.25, 0.3) is 0 Å². The number of nitrogens with zero attached hydrogens (tertiary/aromatic N) is 9. The Morgan fingerprint density at radius 2 is 0.880 bits per heavy atom. The minimum atomic E-state index is -1.12. The van der Waals surface area contributed by atoms with E-state index in [0.29, 0.717) is 106 Å². The molecule has 0 unspecified atom stereocenters. The SMILES string of the molecule is C[C@@](O)(CN1CCN(c2ccc(C(N)=O)cc2Cl)[C@H](c2ccccc2)C1)c1ccc(C#N)cc1.C[C@H](O)COc1ccc(N2CCN(C[C@@](C)(O)c3ccc(C(C)(C)O)nc3)C[C@H]2c2ccccc2)c(Cl)c1.C[C@H](O)COc1ccc(N2CCN(C[C@@](C)(O)c3ccc(CO)nc3)C[C@H]2c2ccccc2)c(Cl)c1. The number of aliphatic hydroxyl groups is 7. The summed E-state index contributed by atoms with van der Waals surface area (Å²) in [6.45, 7) is 20.2. The van der Waals surface area contributed by atoms with Gasteiger partial charge in [-0.25, -0.2) is 0 Å². The van der Waals surface area contributed by atoms with Gasteiger partial charge in [0.2, 0.25) is 5.91 Å². The van der Waals surface area contributed by atoms with Crippen LogP contribution in [0.2, 0.25) is 15.1 Å². The number of aliphatic hydroxyl groups excluding tert-OH is 3. The number of amides is 1. The fourth-order valence-electron chi connectivity index (χ4n) is 14.0. The van der Waals surface area contributed by atoms with Crippen LogP contribution in [0.3, 0.4) is 0 Å². The van der Waals surface area contributed by atoms with Gasteiger partial charge in [0.15, 0.2) is 0 Å². The molecule has 3 saturated heterocycles. The first-order chi connectivity index (χ1) is 51.5. The number of nitrogens with two attached hydrogens (primary N) is 1. The summed E-state index contributed by atoms with van der Waals surface area (Å²) in [6.07, 6.45) is 2.17. The molecule has 23 heteroatoms. The van der Waals surface area contributed by atoms with Gasteiger partial charge in [-0.15, -0.1) is 0 Å². The number of β-amino-alcohol motifs (C(OH)–C–C–N with tert-alkyl or cyclic N) is 3. The molecule has 1 amide bonds. The van der Waals surface area contributed by atoms with Crippen LogP contribution >= 0.6 is 34.8 Å². The molecule has 0 radical (unpaired) electrons. The van der Waals surface area contributed by atoms with E-state index in [1.54, 1.807) is 109 Å². The molecule has 5 heterocycles. The lowest BCUT2D eigenvalue weighted by molar-refractivity contribution is 0.00948. The quantitative estimate of drug-likeness (QED) is 0.0279. The number of nitriles is 1. The zero-order valence-electron chi connectivity index (χ0n) is 62.2. The number of piperazine rings is 3. The fraction of sp³-hybridized carbons (Fsp3) is 0.365. The highest BCUT2D eigenvalue weighted by Gasteiger charge is 2.38. The maximum atomic E-state index is 11.6. The lowest BCUT2D eigenvalue weighted by Crippen LogP contribution is -2.52. The van der Waals surface area contributed by atoms with E-state index in [2.05, 4.69) is 81.8 Å². The second-order valence-electron chi connectivity index (χ2n) is 29.3. The van der Waals surface area contributed by atoms with Crippen LogP contribution in [0, 0.1) is 11.3 Å². The number of hydrogen-bond acceptors (Lipinski definition) is 19. The molecule has 9 N–H and O–H groups in total. The van der Waals surface area contributed by atoms with Crippen LogP contribution in [-0.2, 0) is 29.0 Å². The van der Waals surface area contributed by atoms with E-state index in [4.69, 9.17) is 55.3 Å². The molecule has 570 valence electrons. The fourth-order valence-corrected chi connectivity index (χ4v) is 14.9. The molecule has 2 aromatic heterocycles. The van der Waals surface area contributed by atoms with E-state index < -0.39 is 40.5 Å². The maximum absolute atomic E-state index is 11.6. The second kappa shape index (κ2) is 36.7. The van der Waals surface area contributed by atoms with Gasteiger partial charge in [0, 0.05) is 120 Å². The molecular formula is C85H99Cl3N10O10. The average molecular weight is 1530 g/mol. The van der Waals surface area contributed by atoms with Gasteiger partial charge in [-0.1, -0.05) is 150 Å². The first-order valence-corrected chi connectivity index (χ1v) is 37.5. The number of benzene rings is 7. The lowest BCUT2D eigenvalue weighted by Gasteiger charge is -2.45. The molecule has 0 saturated carbocycles. The Hall–Kier alpha value is -8.73. The Labute approximate surface area is 649 Å². The van der Waals surface area contributed by atoms with E-state index in [1.807, 2.05) is 109 Å². The van der Waals surface area contributed by atoms with Crippen LogP contribution in [0.5, 0.6) is 11.5 Å². The Kier molecular flexibility index (Phi) is 27.8. The molecule has 20 nitrogen and oxygen atoms in total. The second-order valence-corrected chi connectivity index (χ2v) is 30.6. The summed E-state index contributed by atoms with van der Waals surface area (Å²) in [5.74, 6) is 0.731. The van der Waals surface area contributed by atoms with Crippen molar-refractivity contribution in [3.8, 4) is 17.6 Å². The average Bonchev–Trinajstić information content (AvgIpc) is 0.792. The van der Waals surface area contributed by atoms with Gasteiger partial charge in [0.05, 0.1) is 97.7 Å². The van der Waals surface area contributed by atoms with Gasteiger partial charge in [-0.05, 0) is 137 Å². The summed E-state index contributed by atoms with van der Waals surface area (Å²) in [4.78, 5) is 33.8. The normalized spacial score (nSPS) is 18.8. The van der Waals surface area contributed by atoms with Crippen LogP contribution in [0.15, 0.2) is 207 Å². The van der Waals surface area contributed by atoms with E-state index >= 15 is 0 Å². The third kappa shape index (κ3) is 21.6. The number of anilines is 3. The predicted octanol–water partition coefficient (Wildman–Crippen LogP) is 12.3. The van der Waals surface area contributed by atoms with E-state index in [0.717, 1.165) is 60.9 Å². The third-order valence-electron chi connectivity index (χ3n) is 19.8. The zero-order chi connectivity index (χ0) is 77.5. The zero-order valence-corrected chi connectivity index (χ0v) is 64.5. The first-order valence-electron chi connectivity index (χ1n) is 36.3. The summed E-state index contributed by atoms with van der Waals surface area (Å²) in [6, 6.07) is 63.7. The lowest BCUT2D eigenvalue weighted by atomic mass is 9.93. The third-order valence-corrected chi connectivity index (χ3v) is 20.7. The van der Waals surface area contributed by atoms with Crippen molar-refractivity contribution in [3.05, 3.63) is 277 Å². The molecule has 108 heavy (non-hydrogen) atoms. The molecule has 0 bridgehead atoms. The molecule has 3 aliphatic rings. The molecule has 12 rings (SSSR count). The first kappa shape index (κ1) is 81.8. The minimum Gasteiger partial charge on any atom is -0.491 e. The number of carbonyl (C=O) groups is 1. The number of rotatable bonds is 24. The van der Waals surface area contributed by atoms with Crippen LogP contribution in [0.4, 0.5) is 17.1 Å². The molecule has 0 spiro atoms. The Morgan fingerprint density at radius 1 is 0.509 bits per heavy atom. The van der Waals surface area contributed by atoms with Gasteiger partial charge in [0.1, 0.15) is 41.5 Å². The van der Waals surface area contributed by atoms with Gasteiger partial charge in [-0.3, -0.25) is 29.5 Å². The molecule has 3 fully saturated rings. The Balaban J connectivity index is 0.000000173. The van der Waals surface area contributed by atoms with Crippen LogP contribution < -0.4 is 29.9 Å². The van der Waals surface area contributed by atoms with Crippen molar-refractivity contribution in [1.29, 1.82) is 5.26 Å². The molecule has 8 atom stereocenters. The highest BCUT2D eigenvalue weighted by molar-refractivity contribution is 6.34. The van der Waals surface area contributed by atoms with Gasteiger partial charge in [0.25, 0.3) is 0 Å². The largest absolute Gasteiger partial charge is 0.491 e. The summed E-state index contributed by atoms with van der Waals surface area (Å²) in [5, 5.41) is 83.2. The smallest absolute Gasteiger partial charge is 0.248 e. The van der Waals surface area contributed by atoms with Gasteiger partial charge >= 0.3 is 0 Å². The highest BCUT2D eigenvalue weighted by atomic mass is 35.5. The standard InChI is InChI=1S/C30H38ClN3O4.C28H34ClN3O4.C27H27ClN4O2/c1-21(35)19-38-24-11-12-26(25(31)16-24)34-15-14-33(18-27(34)22-8-6-5-7-9-22)20-30(4,37)23-10-13-28(32-17-23)29(2,3)36;1-20(34)18-36-24-10-11-26(25(29)14-24)32-13-12-31(16-27(32)21-6-4-3-5-7-21)19-28(2,35)22-8-9-23(17-33)30-15-22;1-27(34,22-10-7-19(16-29)8-11-22)18-31-13-14-32(25(17-31)20-5-3-2-4-6-20)24-12-9-21(26(30)33)15-23(24)28/h5-13,16-17,21,27,35-37H,14-15,18-20H2,1-4H3;3-11,14-15,20,27,33-35H,12-13,16-19H2,1-2H3;2-12,15,25,34H,13-14,17-18H2,1H3,(H2,30,33)/t21-,27-,30+;20-,27-,28+;25-,27+/m000/s1. The van der Waals surface area contributed by atoms with Gasteiger partial charge in [-0.2, -0.15) is 5.26 Å². The molecular weight excluding hydrogens is 1430 g/mol. The topological polar surface area (TPSA) is 272 Å². The van der Waals surface area contributed by atoms with Crippen molar-refractivity contribution in [1.82, 2.24) is 24.7 Å². The summed E-state index contributed by atoms with van der Waals surface area (Å²) in [5.41, 5.74) is 11.5. The van der Waals surface area contributed by atoms with E-state index in [9.17, 15) is 40.5 Å². The van der Waals surface area contributed by atoms with Crippen molar-refractivity contribution in [2.24, 2.45) is 5.73 Å². The number of ether oxygens (including phenoxy) is 2. The monoisotopic (exact) mass is 1520 g/mol. The molecule has 9 aromatic rings. The molecule has 7 aromatic carbocycles. The molecule has 3 aliphatic heterocycles. The van der Waals surface area contributed by atoms with E-state index in [1.165, 1.54) is 11.1 Å².